The molecule has 0 aliphatic heterocycles. The SMILES string of the molecule is CN(C)[C@@H](CNC(=O)c1ccc(F)cc1Cl)c1cccc(F)c1. The van der Waals surface area contributed by atoms with E-state index in [9.17, 15) is 13.6 Å². The molecule has 0 aliphatic carbocycles. The first kappa shape index (κ1) is 17.4. The lowest BCUT2D eigenvalue weighted by Gasteiger charge is -2.25. The Balaban J connectivity index is 2.11. The highest BCUT2D eigenvalue weighted by atomic mass is 35.5. The Morgan fingerprint density at radius 3 is 2.48 bits per heavy atom. The molecule has 0 saturated carbocycles. The second kappa shape index (κ2) is 7.53. The van der Waals surface area contributed by atoms with Crippen LogP contribution in [0.2, 0.25) is 5.02 Å². The van der Waals surface area contributed by atoms with Crippen LogP contribution in [-0.4, -0.2) is 31.4 Å². The lowest BCUT2D eigenvalue weighted by Crippen LogP contribution is -2.34. The number of nitrogens with one attached hydrogen (secondary N) is 1. The van der Waals surface area contributed by atoms with Crippen LogP contribution in [0.4, 0.5) is 8.78 Å². The summed E-state index contributed by atoms with van der Waals surface area (Å²) in [4.78, 5) is 14.1. The van der Waals surface area contributed by atoms with Crippen LogP contribution in [0.15, 0.2) is 42.5 Å². The van der Waals surface area contributed by atoms with Crippen molar-refractivity contribution in [2.24, 2.45) is 0 Å². The van der Waals surface area contributed by atoms with E-state index < -0.39 is 11.7 Å². The minimum absolute atomic E-state index is 0.0506. The lowest BCUT2D eigenvalue weighted by molar-refractivity contribution is 0.0942. The molecule has 1 atom stereocenters. The summed E-state index contributed by atoms with van der Waals surface area (Å²) in [7, 11) is 3.68. The lowest BCUT2D eigenvalue weighted by atomic mass is 10.1. The summed E-state index contributed by atoms with van der Waals surface area (Å²) in [6, 6.07) is 9.62. The number of amides is 1. The summed E-state index contributed by atoms with van der Waals surface area (Å²) in [5, 5.41) is 2.80. The molecule has 0 aromatic heterocycles. The zero-order valence-electron chi connectivity index (χ0n) is 12.8. The van der Waals surface area contributed by atoms with Gasteiger partial charge in [-0.25, -0.2) is 8.78 Å². The molecule has 1 N–H and O–H groups in total. The van der Waals surface area contributed by atoms with Gasteiger partial charge < -0.3 is 10.2 Å². The number of nitrogens with zero attached hydrogens (tertiary/aromatic N) is 1. The molecule has 2 aromatic rings. The Morgan fingerprint density at radius 1 is 1.17 bits per heavy atom. The molecular weight excluding hydrogens is 322 g/mol. The molecule has 0 radical (unpaired) electrons. The minimum atomic E-state index is -0.502. The van der Waals surface area contributed by atoms with E-state index in [1.54, 1.807) is 12.1 Å². The van der Waals surface area contributed by atoms with E-state index in [1.165, 1.54) is 24.3 Å². The third kappa shape index (κ3) is 4.50. The van der Waals surface area contributed by atoms with Gasteiger partial charge in [0.1, 0.15) is 11.6 Å². The van der Waals surface area contributed by atoms with Gasteiger partial charge >= 0.3 is 0 Å². The van der Waals surface area contributed by atoms with Crippen LogP contribution in [0.5, 0.6) is 0 Å². The van der Waals surface area contributed by atoms with Crippen molar-refractivity contribution in [2.75, 3.05) is 20.6 Å². The standard InChI is InChI=1S/C17H17ClF2N2O/c1-22(2)16(11-4-3-5-12(19)8-11)10-21-17(23)14-7-6-13(20)9-15(14)18/h3-9,16H,10H2,1-2H3,(H,21,23)/t16-/m0/s1. The number of rotatable bonds is 5. The Labute approximate surface area is 138 Å². The Hall–Kier alpha value is -1.98. The van der Waals surface area contributed by atoms with Crippen LogP contribution in [0, 0.1) is 11.6 Å². The number of benzene rings is 2. The van der Waals surface area contributed by atoms with Crippen LogP contribution < -0.4 is 5.32 Å². The third-order valence-corrected chi connectivity index (χ3v) is 3.80. The van der Waals surface area contributed by atoms with Gasteiger partial charge in [0.05, 0.1) is 16.6 Å². The fraction of sp³-hybridized carbons (Fsp3) is 0.235. The van der Waals surface area contributed by atoms with Gasteiger partial charge in [-0.2, -0.15) is 0 Å². The summed E-state index contributed by atoms with van der Waals surface area (Å²) in [6.07, 6.45) is 0. The molecule has 3 nitrogen and oxygen atoms in total. The molecule has 0 spiro atoms. The van der Waals surface area contributed by atoms with Gasteiger partial charge in [0.25, 0.3) is 5.91 Å². The number of likely N-dealkylation sites (N-methyl/N-ethyl adjacent to an activating group) is 1. The Morgan fingerprint density at radius 2 is 1.87 bits per heavy atom. The van der Waals surface area contributed by atoms with Gasteiger partial charge in [-0.15, -0.1) is 0 Å². The van der Waals surface area contributed by atoms with E-state index in [0.29, 0.717) is 0 Å². The molecule has 1 amide bonds. The van der Waals surface area contributed by atoms with Gasteiger partial charge in [-0.05, 0) is 50.0 Å². The van der Waals surface area contributed by atoms with Gasteiger partial charge in [-0.1, -0.05) is 23.7 Å². The fourth-order valence-corrected chi connectivity index (χ4v) is 2.52. The highest BCUT2D eigenvalue weighted by Crippen LogP contribution is 2.20. The minimum Gasteiger partial charge on any atom is -0.350 e. The fourth-order valence-electron chi connectivity index (χ4n) is 2.27. The molecule has 0 heterocycles. The maximum absolute atomic E-state index is 13.4. The van der Waals surface area contributed by atoms with E-state index in [4.69, 9.17) is 11.6 Å². The molecule has 122 valence electrons. The zero-order chi connectivity index (χ0) is 17.0. The second-order valence-electron chi connectivity index (χ2n) is 5.37. The van der Waals surface area contributed by atoms with E-state index in [-0.39, 0.29) is 29.0 Å². The third-order valence-electron chi connectivity index (χ3n) is 3.49. The largest absolute Gasteiger partial charge is 0.350 e. The molecule has 0 aliphatic rings. The summed E-state index contributed by atoms with van der Waals surface area (Å²) in [6.45, 7) is 0.267. The van der Waals surface area contributed by atoms with Crippen LogP contribution in [0.25, 0.3) is 0 Å². The highest BCUT2D eigenvalue weighted by molar-refractivity contribution is 6.33. The summed E-state index contributed by atoms with van der Waals surface area (Å²) in [5.41, 5.74) is 0.949. The maximum Gasteiger partial charge on any atom is 0.252 e. The van der Waals surface area contributed by atoms with Crippen molar-refractivity contribution in [1.82, 2.24) is 10.2 Å². The van der Waals surface area contributed by atoms with E-state index >= 15 is 0 Å². The number of hydrogen-bond acceptors (Lipinski definition) is 2. The molecule has 6 heteroatoms. The van der Waals surface area contributed by atoms with Crippen LogP contribution in [0.3, 0.4) is 0 Å². The first-order valence-electron chi connectivity index (χ1n) is 7.03. The van der Waals surface area contributed by atoms with Gasteiger partial charge in [0, 0.05) is 6.54 Å². The average molecular weight is 339 g/mol. The van der Waals surface area contributed by atoms with Gasteiger partial charge in [0.2, 0.25) is 0 Å². The number of carbonyl (C=O) groups excluding carboxylic acids is 1. The monoisotopic (exact) mass is 338 g/mol. The predicted octanol–water partition coefficient (Wildman–Crippen LogP) is 3.65. The molecular formula is C17H17ClF2N2O. The molecule has 23 heavy (non-hydrogen) atoms. The van der Waals surface area contributed by atoms with Crippen molar-refractivity contribution >= 4 is 17.5 Å². The molecule has 0 bridgehead atoms. The van der Waals surface area contributed by atoms with Crippen molar-refractivity contribution in [2.45, 2.75) is 6.04 Å². The van der Waals surface area contributed by atoms with Crippen molar-refractivity contribution in [3.05, 3.63) is 70.2 Å². The van der Waals surface area contributed by atoms with E-state index in [1.807, 2.05) is 19.0 Å². The molecule has 0 fully saturated rings. The smallest absolute Gasteiger partial charge is 0.252 e. The second-order valence-corrected chi connectivity index (χ2v) is 5.78. The zero-order valence-corrected chi connectivity index (χ0v) is 13.6. The highest BCUT2D eigenvalue weighted by Gasteiger charge is 2.17. The Kier molecular flexibility index (Phi) is 5.69. The number of hydrogen-bond donors (Lipinski definition) is 1. The first-order valence-corrected chi connectivity index (χ1v) is 7.41. The van der Waals surface area contributed by atoms with Crippen molar-refractivity contribution in [1.29, 1.82) is 0 Å². The van der Waals surface area contributed by atoms with Crippen LogP contribution in [-0.2, 0) is 0 Å². The van der Waals surface area contributed by atoms with Crippen molar-refractivity contribution in [3.8, 4) is 0 Å². The van der Waals surface area contributed by atoms with Gasteiger partial charge in [0.15, 0.2) is 0 Å². The van der Waals surface area contributed by atoms with Gasteiger partial charge in [-0.3, -0.25) is 4.79 Å². The molecule has 2 rings (SSSR count). The maximum atomic E-state index is 13.4. The summed E-state index contributed by atoms with van der Waals surface area (Å²) < 4.78 is 26.4. The molecule has 2 aromatic carbocycles. The van der Waals surface area contributed by atoms with E-state index in [0.717, 1.165) is 11.6 Å². The van der Waals surface area contributed by atoms with Crippen LogP contribution >= 0.6 is 11.6 Å². The predicted molar refractivity (Wildman–Crippen MR) is 86.6 cm³/mol. The molecule has 0 unspecified atom stereocenters. The molecule has 0 saturated heterocycles. The van der Waals surface area contributed by atoms with Crippen molar-refractivity contribution < 1.29 is 13.6 Å². The number of halogens is 3. The first-order chi connectivity index (χ1) is 10.9. The normalized spacial score (nSPS) is 12.3. The van der Waals surface area contributed by atoms with Crippen LogP contribution in [0.1, 0.15) is 22.0 Å². The van der Waals surface area contributed by atoms with Crippen molar-refractivity contribution in [3.63, 3.8) is 0 Å². The summed E-state index contributed by atoms with van der Waals surface area (Å²) >= 11 is 5.88. The Bertz CT molecular complexity index is 707. The topological polar surface area (TPSA) is 32.3 Å². The van der Waals surface area contributed by atoms with E-state index in [2.05, 4.69) is 5.32 Å². The average Bonchev–Trinajstić information content (AvgIpc) is 2.47. The number of carbonyl (C=O) groups is 1. The summed E-state index contributed by atoms with van der Waals surface area (Å²) in [5.74, 6) is -1.24. The quantitative estimate of drug-likeness (QED) is 0.902.